The maximum atomic E-state index is 12.5. The summed E-state index contributed by atoms with van der Waals surface area (Å²) in [6.07, 6.45) is 4.09. The molecule has 1 fully saturated rings. The van der Waals surface area contributed by atoms with Gasteiger partial charge >= 0.3 is 0 Å². The number of carbonyl (C=O) groups is 1. The highest BCUT2D eigenvalue weighted by Crippen LogP contribution is 2.17. The molecule has 0 radical (unpaired) electrons. The summed E-state index contributed by atoms with van der Waals surface area (Å²) in [6.45, 7) is 13.1. The third-order valence-corrected chi connectivity index (χ3v) is 7.07. The monoisotopic (exact) mass is 439 g/mol. The average Bonchev–Trinajstić information content (AvgIpc) is 2.94. The van der Waals surface area contributed by atoms with Crippen molar-refractivity contribution < 1.29 is 13.2 Å². The summed E-state index contributed by atoms with van der Waals surface area (Å²) in [5.41, 5.74) is 0. The molecule has 1 unspecified atom stereocenters. The molecule has 0 aliphatic carbocycles. The van der Waals surface area contributed by atoms with Gasteiger partial charge in [0.1, 0.15) is 10.7 Å². The molecule has 170 valence electrons. The van der Waals surface area contributed by atoms with Gasteiger partial charge in [-0.15, -0.1) is 0 Å². The van der Waals surface area contributed by atoms with Gasteiger partial charge in [-0.05, 0) is 45.7 Å². The molecular formula is C21H37N5O3S. The van der Waals surface area contributed by atoms with E-state index in [4.69, 9.17) is 0 Å². The number of likely N-dealkylation sites (N-methyl/N-ethyl adjacent to an activating group) is 1. The Morgan fingerprint density at radius 2 is 1.90 bits per heavy atom. The van der Waals surface area contributed by atoms with E-state index < -0.39 is 10.0 Å². The Morgan fingerprint density at radius 1 is 1.17 bits per heavy atom. The fourth-order valence-corrected chi connectivity index (χ4v) is 4.99. The molecular weight excluding hydrogens is 402 g/mol. The van der Waals surface area contributed by atoms with Crippen molar-refractivity contribution in [3.63, 3.8) is 0 Å². The third kappa shape index (κ3) is 6.92. The fraction of sp³-hybridized carbons (Fsp3) is 0.714. The van der Waals surface area contributed by atoms with Crippen LogP contribution in [-0.4, -0.2) is 81.0 Å². The second-order valence-corrected chi connectivity index (χ2v) is 9.56. The van der Waals surface area contributed by atoms with E-state index in [9.17, 15) is 13.2 Å². The van der Waals surface area contributed by atoms with Crippen LogP contribution in [0.25, 0.3) is 0 Å². The Balaban J connectivity index is 1.96. The van der Waals surface area contributed by atoms with E-state index in [0.29, 0.717) is 6.54 Å². The maximum absolute atomic E-state index is 12.5. The lowest BCUT2D eigenvalue weighted by molar-refractivity contribution is -0.132. The van der Waals surface area contributed by atoms with E-state index in [0.717, 1.165) is 64.3 Å². The van der Waals surface area contributed by atoms with Crippen LogP contribution in [0.5, 0.6) is 0 Å². The van der Waals surface area contributed by atoms with Crippen molar-refractivity contribution in [2.45, 2.75) is 57.9 Å². The third-order valence-electron chi connectivity index (χ3n) is 5.50. The van der Waals surface area contributed by atoms with E-state index in [1.807, 2.05) is 32.6 Å². The van der Waals surface area contributed by atoms with Gasteiger partial charge in [0, 0.05) is 51.5 Å². The number of rotatable bonds is 10. The first-order chi connectivity index (χ1) is 14.3. The van der Waals surface area contributed by atoms with E-state index in [2.05, 4.69) is 19.5 Å². The predicted octanol–water partition coefficient (Wildman–Crippen LogP) is 1.93. The summed E-state index contributed by atoms with van der Waals surface area (Å²) in [5.74, 6) is 0.943. The lowest BCUT2D eigenvalue weighted by Crippen LogP contribution is -2.41. The quantitative estimate of drug-likeness (QED) is 0.600. The van der Waals surface area contributed by atoms with Crippen molar-refractivity contribution in [3.8, 4) is 0 Å². The number of sulfonamides is 1. The van der Waals surface area contributed by atoms with Gasteiger partial charge in [0.15, 0.2) is 0 Å². The summed E-state index contributed by atoms with van der Waals surface area (Å²) in [4.78, 5) is 23.2. The molecule has 8 nitrogen and oxygen atoms in total. The van der Waals surface area contributed by atoms with Crippen LogP contribution >= 0.6 is 0 Å². The van der Waals surface area contributed by atoms with E-state index >= 15 is 0 Å². The lowest BCUT2D eigenvalue weighted by atomic mass is 10.2. The molecule has 1 aliphatic heterocycles. The molecule has 1 aliphatic rings. The highest BCUT2D eigenvalue weighted by Gasteiger charge is 2.21. The summed E-state index contributed by atoms with van der Waals surface area (Å²) in [5, 5.41) is 0. The molecule has 0 spiro atoms. The first-order valence-electron chi connectivity index (χ1n) is 11.0. The number of anilines is 1. The van der Waals surface area contributed by atoms with Gasteiger partial charge in [-0.1, -0.05) is 13.3 Å². The average molecular weight is 440 g/mol. The minimum atomic E-state index is -3.55. The van der Waals surface area contributed by atoms with Crippen molar-refractivity contribution in [1.82, 2.24) is 19.5 Å². The number of carbonyl (C=O) groups excluding carboxylic acids is 1. The van der Waals surface area contributed by atoms with Gasteiger partial charge in [-0.25, -0.2) is 18.1 Å². The lowest BCUT2D eigenvalue weighted by Gasteiger charge is -2.25. The summed E-state index contributed by atoms with van der Waals surface area (Å²) >= 11 is 0. The fourth-order valence-electron chi connectivity index (χ4n) is 3.77. The van der Waals surface area contributed by atoms with Gasteiger partial charge in [-0.3, -0.25) is 9.69 Å². The SMILES string of the molecule is CCCC(C)NS(=O)(=O)c1ccc(N2CCCN(CC(=O)N(CC)CC)CC2)nc1. The van der Waals surface area contributed by atoms with Crippen LogP contribution in [0.1, 0.15) is 47.0 Å². The normalized spacial score (nSPS) is 16.9. The Morgan fingerprint density at radius 3 is 2.50 bits per heavy atom. The van der Waals surface area contributed by atoms with Crippen LogP contribution in [0.15, 0.2) is 23.2 Å². The van der Waals surface area contributed by atoms with Gasteiger partial charge in [0.05, 0.1) is 6.54 Å². The van der Waals surface area contributed by atoms with Crippen LogP contribution in [0.3, 0.4) is 0 Å². The first kappa shape index (κ1) is 24.6. The maximum Gasteiger partial charge on any atom is 0.242 e. The number of aromatic nitrogens is 1. The van der Waals surface area contributed by atoms with E-state index in [-0.39, 0.29) is 16.8 Å². The Labute approximate surface area is 181 Å². The smallest absolute Gasteiger partial charge is 0.242 e. The topological polar surface area (TPSA) is 85.8 Å². The number of nitrogens with one attached hydrogen (secondary N) is 1. The second-order valence-electron chi connectivity index (χ2n) is 7.85. The Bertz CT molecular complexity index is 765. The molecule has 1 aromatic rings. The summed E-state index contributed by atoms with van der Waals surface area (Å²) in [6, 6.07) is 3.29. The standard InChI is InChI=1S/C21H37N5O3S/c1-5-9-18(4)23-30(28,29)19-10-11-20(22-16-19)26-13-8-12-24(14-15-26)17-21(27)25(6-2)7-3/h10-11,16,18,23H,5-9,12-15,17H2,1-4H3. The molecule has 1 atom stereocenters. The Hall–Kier alpha value is -1.71. The van der Waals surface area contributed by atoms with Crippen molar-refractivity contribution in [2.24, 2.45) is 0 Å². The molecule has 2 rings (SSSR count). The van der Waals surface area contributed by atoms with Crippen LogP contribution in [0.2, 0.25) is 0 Å². The largest absolute Gasteiger partial charge is 0.355 e. The van der Waals surface area contributed by atoms with Crippen molar-refractivity contribution in [2.75, 3.05) is 50.7 Å². The molecule has 1 saturated heterocycles. The zero-order valence-electron chi connectivity index (χ0n) is 18.8. The van der Waals surface area contributed by atoms with E-state index in [1.54, 1.807) is 12.1 Å². The molecule has 2 heterocycles. The van der Waals surface area contributed by atoms with E-state index in [1.165, 1.54) is 6.20 Å². The van der Waals surface area contributed by atoms with Crippen LogP contribution in [-0.2, 0) is 14.8 Å². The van der Waals surface area contributed by atoms with Gasteiger partial charge < -0.3 is 9.80 Å². The minimum absolute atomic E-state index is 0.102. The van der Waals surface area contributed by atoms with Gasteiger partial charge in [0.25, 0.3) is 0 Å². The zero-order chi connectivity index (χ0) is 22.1. The molecule has 0 bridgehead atoms. The molecule has 1 amide bonds. The molecule has 9 heteroatoms. The van der Waals surface area contributed by atoms with Crippen LogP contribution < -0.4 is 9.62 Å². The summed E-state index contributed by atoms with van der Waals surface area (Å²) in [7, 11) is -3.55. The molecule has 1 N–H and O–H groups in total. The molecule has 0 aromatic carbocycles. The van der Waals surface area contributed by atoms with Crippen molar-refractivity contribution in [3.05, 3.63) is 18.3 Å². The minimum Gasteiger partial charge on any atom is -0.355 e. The van der Waals surface area contributed by atoms with Crippen molar-refractivity contribution >= 4 is 21.7 Å². The zero-order valence-corrected chi connectivity index (χ0v) is 19.6. The van der Waals surface area contributed by atoms with Gasteiger partial charge in [0.2, 0.25) is 15.9 Å². The predicted molar refractivity (Wildman–Crippen MR) is 120 cm³/mol. The van der Waals surface area contributed by atoms with Crippen molar-refractivity contribution in [1.29, 1.82) is 0 Å². The highest BCUT2D eigenvalue weighted by molar-refractivity contribution is 7.89. The first-order valence-corrected chi connectivity index (χ1v) is 12.5. The molecule has 0 saturated carbocycles. The number of hydrogen-bond donors (Lipinski definition) is 1. The number of hydrogen-bond acceptors (Lipinski definition) is 6. The van der Waals surface area contributed by atoms with Crippen LogP contribution in [0, 0.1) is 0 Å². The number of amides is 1. The molecule has 30 heavy (non-hydrogen) atoms. The Kier molecular flexibility index (Phi) is 9.51. The molecule has 1 aromatic heterocycles. The number of pyridine rings is 1. The summed E-state index contributed by atoms with van der Waals surface area (Å²) < 4.78 is 27.7. The van der Waals surface area contributed by atoms with Crippen LogP contribution in [0.4, 0.5) is 5.82 Å². The highest BCUT2D eigenvalue weighted by atomic mass is 32.2. The van der Waals surface area contributed by atoms with Gasteiger partial charge in [-0.2, -0.15) is 0 Å². The second kappa shape index (κ2) is 11.6. The number of nitrogens with zero attached hydrogens (tertiary/aromatic N) is 4.